The Bertz CT molecular complexity index is 865. The highest BCUT2D eigenvalue weighted by molar-refractivity contribution is 5.84. The van der Waals surface area contributed by atoms with E-state index in [1.54, 1.807) is 13.2 Å². The van der Waals surface area contributed by atoms with Crippen LogP contribution in [0, 0.1) is 0 Å². The summed E-state index contributed by atoms with van der Waals surface area (Å²) in [6, 6.07) is 15.2. The van der Waals surface area contributed by atoms with Crippen LogP contribution in [0.4, 0.5) is 0 Å². The predicted molar refractivity (Wildman–Crippen MR) is 114 cm³/mol. The Balaban J connectivity index is 1.47. The molecule has 29 heavy (non-hydrogen) atoms. The number of hydrogen-bond acceptors (Lipinski definition) is 6. The molecule has 7 heteroatoms. The van der Waals surface area contributed by atoms with Crippen molar-refractivity contribution >= 4 is 18.2 Å². The van der Waals surface area contributed by atoms with E-state index in [-0.39, 0.29) is 18.0 Å². The molecule has 1 amide bonds. The quantitative estimate of drug-likeness (QED) is 0.474. The number of hydrazine groups is 1. The molecule has 0 radical (unpaired) electrons. The molecule has 1 aliphatic heterocycles. The average molecular weight is 394 g/mol. The van der Waals surface area contributed by atoms with E-state index in [9.17, 15) is 4.79 Å². The molecule has 0 aliphatic carbocycles. The molecular weight excluding hydrogens is 368 g/mol. The molecule has 0 saturated carbocycles. The van der Waals surface area contributed by atoms with Gasteiger partial charge in [-0.15, -0.1) is 0 Å². The topological polar surface area (TPSA) is 84.0 Å². The lowest BCUT2D eigenvalue weighted by molar-refractivity contribution is -0.122. The molecular formula is C22H26N4O3. The molecule has 2 aromatic rings. The first kappa shape index (κ1) is 20.6. The first-order valence-corrected chi connectivity index (χ1v) is 9.57. The Morgan fingerprint density at radius 3 is 2.76 bits per heavy atom. The molecule has 7 nitrogen and oxygen atoms in total. The number of para-hydroxylation sites is 1. The van der Waals surface area contributed by atoms with Crippen molar-refractivity contribution in [3.05, 3.63) is 65.7 Å². The fraction of sp³-hybridized carbons (Fsp3) is 0.273. The highest BCUT2D eigenvalue weighted by Gasteiger charge is 2.29. The summed E-state index contributed by atoms with van der Waals surface area (Å²) in [6.07, 6.45) is 5.79. The van der Waals surface area contributed by atoms with E-state index in [2.05, 4.69) is 21.4 Å². The van der Waals surface area contributed by atoms with Gasteiger partial charge in [0.1, 0.15) is 17.5 Å². The van der Waals surface area contributed by atoms with E-state index >= 15 is 0 Å². The number of nitrogens with zero attached hydrogens (tertiary/aromatic N) is 1. The van der Waals surface area contributed by atoms with Crippen LogP contribution in [0.1, 0.15) is 30.5 Å². The molecule has 0 bridgehead atoms. The summed E-state index contributed by atoms with van der Waals surface area (Å²) in [7, 11) is 1.63. The summed E-state index contributed by atoms with van der Waals surface area (Å²) >= 11 is 0. The highest BCUT2D eigenvalue weighted by Crippen LogP contribution is 2.24. The largest absolute Gasteiger partial charge is 0.496 e. The Hall–Kier alpha value is -3.16. The number of allylic oxidation sites excluding steroid dienone is 1. The van der Waals surface area contributed by atoms with Crippen molar-refractivity contribution < 1.29 is 14.3 Å². The molecule has 1 saturated heterocycles. The maximum Gasteiger partial charge on any atom is 0.258 e. The zero-order valence-electron chi connectivity index (χ0n) is 16.6. The summed E-state index contributed by atoms with van der Waals surface area (Å²) in [5, 5.41) is 3.98. The molecule has 0 spiro atoms. The normalized spacial score (nSPS) is 19.0. The lowest BCUT2D eigenvalue weighted by Gasteiger charge is -2.10. The van der Waals surface area contributed by atoms with Gasteiger partial charge in [0.2, 0.25) is 0 Å². The van der Waals surface area contributed by atoms with Gasteiger partial charge in [0.05, 0.1) is 13.7 Å². The standard InChI is InChI=1S/C22H26N4O3/c1-3-29-18-12-10-16(11-13-18)19-15-20(25-24-19)22(27)26-23-14-6-8-17-7-4-5-9-21(17)28-2/h4-14,19-20,24-25H,3,15H2,1-2H3,(H,26,27)/b8-6+,23-14+. The van der Waals surface area contributed by atoms with Crippen molar-refractivity contribution in [1.82, 2.24) is 16.3 Å². The van der Waals surface area contributed by atoms with Crippen LogP contribution in [0.5, 0.6) is 11.5 Å². The van der Waals surface area contributed by atoms with Gasteiger partial charge in [-0.25, -0.2) is 16.3 Å². The number of nitrogens with one attached hydrogen (secondary N) is 3. The van der Waals surface area contributed by atoms with Gasteiger partial charge >= 0.3 is 0 Å². The number of carbonyl (C=O) groups excluding carboxylic acids is 1. The number of methoxy groups -OCH3 is 1. The van der Waals surface area contributed by atoms with E-state index < -0.39 is 0 Å². The monoisotopic (exact) mass is 394 g/mol. The first-order chi connectivity index (χ1) is 14.2. The van der Waals surface area contributed by atoms with Crippen molar-refractivity contribution in [3.63, 3.8) is 0 Å². The number of benzene rings is 2. The smallest absolute Gasteiger partial charge is 0.258 e. The third-order valence-electron chi connectivity index (χ3n) is 4.56. The SMILES string of the molecule is CCOc1ccc(C2CC(C(=O)N/N=C/C=C/c3ccccc3OC)NN2)cc1. The number of carbonyl (C=O) groups is 1. The summed E-state index contributed by atoms with van der Waals surface area (Å²) in [6.45, 7) is 2.59. The Kier molecular flexibility index (Phi) is 7.38. The van der Waals surface area contributed by atoms with Crippen LogP contribution in [0.2, 0.25) is 0 Å². The number of hydrogen-bond donors (Lipinski definition) is 3. The second kappa shape index (κ2) is 10.4. The van der Waals surface area contributed by atoms with Gasteiger partial charge in [-0.05, 0) is 49.3 Å². The molecule has 152 valence electrons. The van der Waals surface area contributed by atoms with E-state index in [0.717, 1.165) is 22.6 Å². The maximum absolute atomic E-state index is 12.3. The van der Waals surface area contributed by atoms with Gasteiger partial charge in [0.25, 0.3) is 5.91 Å². The van der Waals surface area contributed by atoms with Gasteiger partial charge in [-0.3, -0.25) is 4.79 Å². The molecule has 1 fully saturated rings. The van der Waals surface area contributed by atoms with E-state index in [4.69, 9.17) is 9.47 Å². The molecule has 2 aromatic carbocycles. The predicted octanol–water partition coefficient (Wildman–Crippen LogP) is 2.82. The minimum atomic E-state index is -0.359. The van der Waals surface area contributed by atoms with Gasteiger partial charge in [0.15, 0.2) is 0 Å². The van der Waals surface area contributed by atoms with Crippen molar-refractivity contribution in [2.24, 2.45) is 5.10 Å². The van der Waals surface area contributed by atoms with Crippen molar-refractivity contribution in [3.8, 4) is 11.5 Å². The summed E-state index contributed by atoms with van der Waals surface area (Å²) < 4.78 is 10.7. The van der Waals surface area contributed by atoms with Crippen LogP contribution in [0.3, 0.4) is 0 Å². The van der Waals surface area contributed by atoms with Crippen LogP contribution >= 0.6 is 0 Å². The minimum Gasteiger partial charge on any atom is -0.496 e. The Labute approximate surface area is 170 Å². The van der Waals surface area contributed by atoms with Crippen LogP contribution in [-0.2, 0) is 4.79 Å². The lowest BCUT2D eigenvalue weighted by atomic mass is 10.0. The van der Waals surface area contributed by atoms with Gasteiger partial charge in [0, 0.05) is 17.8 Å². The van der Waals surface area contributed by atoms with E-state index in [1.807, 2.05) is 61.5 Å². The molecule has 2 atom stereocenters. The van der Waals surface area contributed by atoms with Crippen molar-refractivity contribution in [1.29, 1.82) is 0 Å². The average Bonchev–Trinajstić information content (AvgIpc) is 3.25. The molecule has 2 unspecified atom stereocenters. The summed E-state index contributed by atoms with van der Waals surface area (Å²) in [4.78, 5) is 12.3. The molecule has 3 N–H and O–H groups in total. The highest BCUT2D eigenvalue weighted by atomic mass is 16.5. The third kappa shape index (κ3) is 5.66. The number of rotatable bonds is 8. The van der Waals surface area contributed by atoms with Gasteiger partial charge in [-0.2, -0.15) is 5.10 Å². The fourth-order valence-electron chi connectivity index (χ4n) is 3.08. The van der Waals surface area contributed by atoms with Crippen LogP contribution in [0.25, 0.3) is 6.08 Å². The maximum atomic E-state index is 12.3. The van der Waals surface area contributed by atoms with E-state index in [1.165, 1.54) is 6.21 Å². The first-order valence-electron chi connectivity index (χ1n) is 9.57. The number of amides is 1. The van der Waals surface area contributed by atoms with Gasteiger partial charge in [-0.1, -0.05) is 30.3 Å². The van der Waals surface area contributed by atoms with E-state index in [0.29, 0.717) is 13.0 Å². The van der Waals surface area contributed by atoms with Crippen LogP contribution < -0.4 is 25.8 Å². The number of ether oxygens (including phenoxy) is 2. The van der Waals surface area contributed by atoms with Gasteiger partial charge < -0.3 is 9.47 Å². The van der Waals surface area contributed by atoms with Crippen LogP contribution in [0.15, 0.2) is 59.7 Å². The van der Waals surface area contributed by atoms with Crippen molar-refractivity contribution in [2.45, 2.75) is 25.4 Å². The second-order valence-electron chi connectivity index (χ2n) is 6.49. The molecule has 0 aromatic heterocycles. The Morgan fingerprint density at radius 2 is 2.00 bits per heavy atom. The zero-order chi connectivity index (χ0) is 20.5. The van der Waals surface area contributed by atoms with Crippen molar-refractivity contribution in [2.75, 3.05) is 13.7 Å². The molecule has 1 heterocycles. The second-order valence-corrected chi connectivity index (χ2v) is 6.49. The Morgan fingerprint density at radius 1 is 1.21 bits per heavy atom. The minimum absolute atomic E-state index is 0.0517. The molecule has 1 aliphatic rings. The third-order valence-corrected chi connectivity index (χ3v) is 4.56. The lowest BCUT2D eigenvalue weighted by Crippen LogP contribution is -2.41. The van der Waals surface area contributed by atoms with Crippen LogP contribution in [-0.4, -0.2) is 31.9 Å². The summed E-state index contributed by atoms with van der Waals surface area (Å²) in [5.74, 6) is 1.43. The zero-order valence-corrected chi connectivity index (χ0v) is 16.6. The molecule has 3 rings (SSSR count). The number of hydrazone groups is 1. The summed E-state index contributed by atoms with van der Waals surface area (Å²) in [5.41, 5.74) is 10.8. The fourth-order valence-corrected chi connectivity index (χ4v) is 3.08.